The summed E-state index contributed by atoms with van der Waals surface area (Å²) >= 11 is 0. The van der Waals surface area contributed by atoms with Crippen LogP contribution in [0.3, 0.4) is 0 Å². The zero-order valence-electron chi connectivity index (χ0n) is 14.1. The lowest BCUT2D eigenvalue weighted by atomic mass is 10.0. The molecule has 3 nitrogen and oxygen atoms in total. The van der Waals surface area contributed by atoms with E-state index in [0.717, 1.165) is 31.5 Å². The lowest BCUT2D eigenvalue weighted by Gasteiger charge is -2.26. The van der Waals surface area contributed by atoms with Crippen molar-refractivity contribution in [1.29, 1.82) is 0 Å². The summed E-state index contributed by atoms with van der Waals surface area (Å²) in [5.74, 6) is 0.0574. The second-order valence-corrected chi connectivity index (χ2v) is 8.60. The Morgan fingerprint density at radius 3 is 2.32 bits per heavy atom. The second-order valence-electron chi connectivity index (χ2n) is 6.61. The molecule has 4 rings (SSSR count). The van der Waals surface area contributed by atoms with Gasteiger partial charge in [0.1, 0.15) is 0 Å². The third-order valence-corrected chi connectivity index (χ3v) is 6.63. The van der Waals surface area contributed by atoms with E-state index >= 15 is 0 Å². The molecule has 0 aromatic heterocycles. The molecule has 128 valence electrons. The number of rotatable bonds is 4. The van der Waals surface area contributed by atoms with Gasteiger partial charge in [-0.2, -0.15) is 0 Å². The number of hydrogen-bond acceptors (Lipinski definition) is 3. The molecule has 1 heterocycles. The van der Waals surface area contributed by atoms with Crippen LogP contribution < -0.4 is 0 Å². The van der Waals surface area contributed by atoms with Crippen LogP contribution in [0.5, 0.6) is 0 Å². The third-order valence-electron chi connectivity index (χ3n) is 4.93. The lowest BCUT2D eigenvalue weighted by molar-refractivity contribution is 0.370. The van der Waals surface area contributed by atoms with Crippen LogP contribution in [0.2, 0.25) is 0 Å². The van der Waals surface area contributed by atoms with Crippen LogP contribution in [0.15, 0.2) is 77.4 Å². The summed E-state index contributed by atoms with van der Waals surface area (Å²) in [4.78, 5) is 2.79. The van der Waals surface area contributed by atoms with Crippen molar-refractivity contribution in [3.63, 3.8) is 0 Å². The van der Waals surface area contributed by atoms with Gasteiger partial charge in [-0.25, -0.2) is 8.42 Å². The minimum Gasteiger partial charge on any atom is -0.371 e. The molecule has 2 aromatic carbocycles. The van der Waals surface area contributed by atoms with E-state index < -0.39 is 9.84 Å². The van der Waals surface area contributed by atoms with Gasteiger partial charge in [-0.05, 0) is 53.8 Å². The molecule has 1 aliphatic carbocycles. The molecule has 0 amide bonds. The van der Waals surface area contributed by atoms with E-state index in [1.807, 2.05) is 12.1 Å². The molecule has 0 saturated carbocycles. The number of hydrogen-bond donors (Lipinski definition) is 0. The van der Waals surface area contributed by atoms with Gasteiger partial charge < -0.3 is 4.90 Å². The zero-order chi connectivity index (χ0) is 17.3. The topological polar surface area (TPSA) is 37.4 Å². The maximum absolute atomic E-state index is 12.6. The van der Waals surface area contributed by atoms with Gasteiger partial charge in [-0.15, -0.1) is 0 Å². The smallest absolute Gasteiger partial charge is 0.182 e. The number of sulfone groups is 1. The first-order chi connectivity index (χ1) is 12.1. The Balaban J connectivity index is 1.53. The van der Waals surface area contributed by atoms with Gasteiger partial charge in [0, 0.05) is 18.8 Å². The molecule has 1 aliphatic heterocycles. The zero-order valence-corrected chi connectivity index (χ0v) is 14.9. The third kappa shape index (κ3) is 3.40. The van der Waals surface area contributed by atoms with Crippen LogP contribution in [0.1, 0.15) is 16.7 Å². The van der Waals surface area contributed by atoms with Crippen molar-refractivity contribution in [3.8, 4) is 0 Å². The largest absolute Gasteiger partial charge is 0.371 e. The minimum absolute atomic E-state index is 0.0574. The molecule has 4 heteroatoms. The highest BCUT2D eigenvalue weighted by atomic mass is 32.2. The molecule has 0 unspecified atom stereocenters. The van der Waals surface area contributed by atoms with E-state index in [0.29, 0.717) is 4.90 Å². The Morgan fingerprint density at radius 2 is 1.64 bits per heavy atom. The monoisotopic (exact) mass is 351 g/mol. The average Bonchev–Trinajstić information content (AvgIpc) is 2.77. The first kappa shape index (κ1) is 16.2. The quantitative estimate of drug-likeness (QED) is 0.846. The highest BCUT2D eigenvalue weighted by Gasteiger charge is 2.19. The number of fused-ring (bicyclic) bond motifs is 1. The summed E-state index contributed by atoms with van der Waals surface area (Å²) in [5, 5.41) is 0. The maximum atomic E-state index is 12.6. The molecule has 0 fully saturated rings. The van der Waals surface area contributed by atoms with E-state index in [9.17, 15) is 8.42 Å². The molecule has 0 bridgehead atoms. The second kappa shape index (κ2) is 6.52. The van der Waals surface area contributed by atoms with E-state index in [4.69, 9.17) is 0 Å². The van der Waals surface area contributed by atoms with Crippen molar-refractivity contribution in [3.05, 3.63) is 89.1 Å². The summed E-state index contributed by atoms with van der Waals surface area (Å²) < 4.78 is 25.2. The van der Waals surface area contributed by atoms with E-state index in [2.05, 4.69) is 35.3 Å². The Labute approximate surface area is 149 Å². The molecule has 0 atom stereocenters. The van der Waals surface area contributed by atoms with Crippen LogP contribution in [-0.2, 0) is 28.4 Å². The van der Waals surface area contributed by atoms with Crippen LogP contribution >= 0.6 is 0 Å². The normalized spacial score (nSPS) is 16.6. The number of nitrogens with zero attached hydrogens (tertiary/aromatic N) is 1. The van der Waals surface area contributed by atoms with E-state index in [1.54, 1.807) is 24.3 Å². The van der Waals surface area contributed by atoms with Crippen molar-refractivity contribution >= 4 is 9.84 Å². The van der Waals surface area contributed by atoms with Crippen LogP contribution in [0.4, 0.5) is 0 Å². The summed E-state index contributed by atoms with van der Waals surface area (Å²) in [5.41, 5.74) is 4.80. The molecule has 0 spiro atoms. The Bertz CT molecular complexity index is 943. The van der Waals surface area contributed by atoms with Gasteiger partial charge in [-0.3, -0.25) is 0 Å². The molecule has 0 saturated heterocycles. The predicted molar refractivity (Wildman–Crippen MR) is 100.0 cm³/mol. The van der Waals surface area contributed by atoms with Crippen molar-refractivity contribution < 1.29 is 8.42 Å². The predicted octanol–water partition coefficient (Wildman–Crippen LogP) is 3.51. The number of allylic oxidation sites excluding steroid dienone is 3. The average molecular weight is 351 g/mol. The highest BCUT2D eigenvalue weighted by molar-refractivity contribution is 7.90. The molecule has 2 aliphatic rings. The van der Waals surface area contributed by atoms with Gasteiger partial charge in [0.25, 0.3) is 0 Å². The highest BCUT2D eigenvalue weighted by Crippen LogP contribution is 2.24. The molecule has 2 aromatic rings. The van der Waals surface area contributed by atoms with Crippen molar-refractivity contribution in [2.75, 3.05) is 13.1 Å². The van der Waals surface area contributed by atoms with Gasteiger partial charge in [0.05, 0.1) is 10.6 Å². The maximum Gasteiger partial charge on any atom is 0.182 e. The van der Waals surface area contributed by atoms with Gasteiger partial charge >= 0.3 is 0 Å². The minimum atomic E-state index is -3.30. The van der Waals surface area contributed by atoms with Crippen molar-refractivity contribution in [2.45, 2.75) is 23.5 Å². The molecule has 25 heavy (non-hydrogen) atoms. The fourth-order valence-corrected chi connectivity index (χ4v) is 4.81. The Hall–Kier alpha value is -2.33. The fourth-order valence-electron chi connectivity index (χ4n) is 3.45. The first-order valence-corrected chi connectivity index (χ1v) is 10.3. The van der Waals surface area contributed by atoms with Gasteiger partial charge in [0.15, 0.2) is 9.84 Å². The summed E-state index contributed by atoms with van der Waals surface area (Å²) in [6.07, 6.45) is 8.33. The van der Waals surface area contributed by atoms with Crippen molar-refractivity contribution in [2.24, 2.45) is 0 Å². The molecular weight excluding hydrogens is 330 g/mol. The number of benzene rings is 2. The summed E-state index contributed by atoms with van der Waals surface area (Å²) in [6, 6.07) is 14.9. The van der Waals surface area contributed by atoms with Crippen LogP contribution in [0.25, 0.3) is 0 Å². The van der Waals surface area contributed by atoms with Gasteiger partial charge in [0.2, 0.25) is 0 Å². The fraction of sp³-hybridized carbons (Fsp3) is 0.238. The lowest BCUT2D eigenvalue weighted by Crippen LogP contribution is -2.26. The van der Waals surface area contributed by atoms with Gasteiger partial charge in [-0.1, -0.05) is 42.5 Å². The Kier molecular flexibility index (Phi) is 4.22. The summed E-state index contributed by atoms with van der Waals surface area (Å²) in [6.45, 7) is 2.00. The Morgan fingerprint density at radius 1 is 0.920 bits per heavy atom. The van der Waals surface area contributed by atoms with E-state index in [1.165, 1.54) is 16.8 Å². The van der Waals surface area contributed by atoms with Crippen LogP contribution in [0, 0.1) is 0 Å². The van der Waals surface area contributed by atoms with Crippen LogP contribution in [-0.4, -0.2) is 26.4 Å². The SMILES string of the molecule is O=S(=O)(Cc1ccc2c(c1)CCN(C1=CC=C1)CC2)c1ccccc1. The van der Waals surface area contributed by atoms with E-state index in [-0.39, 0.29) is 5.75 Å². The molecule has 0 N–H and O–H groups in total. The van der Waals surface area contributed by atoms with Crippen molar-refractivity contribution in [1.82, 2.24) is 4.90 Å². The first-order valence-electron chi connectivity index (χ1n) is 8.64. The molecular formula is C21H21NO2S. The standard InChI is InChI=1S/C21H21NO2S/c23-25(24,21-7-2-1-3-8-21)16-17-9-10-18-11-13-22(20-5-4-6-20)14-12-19(18)15-17/h1-10,15H,11-14,16H2. The molecule has 0 radical (unpaired) electrons. The summed E-state index contributed by atoms with van der Waals surface area (Å²) in [7, 11) is -3.30.